The molecule has 1 aromatic carbocycles. The van der Waals surface area contributed by atoms with Gasteiger partial charge in [-0.05, 0) is 0 Å². The molecule has 0 aliphatic heterocycles. The first kappa shape index (κ1) is 25.5. The molecule has 1 heterocycles. The summed E-state index contributed by atoms with van der Waals surface area (Å²) < 4.78 is 3.15. The second-order valence-corrected chi connectivity index (χ2v) is 12.7. The predicted octanol–water partition coefficient (Wildman–Crippen LogP) is -1.74. The van der Waals surface area contributed by atoms with E-state index in [1.807, 2.05) is 0 Å². The van der Waals surface area contributed by atoms with E-state index in [-0.39, 0.29) is 35.6 Å². The zero-order valence-corrected chi connectivity index (χ0v) is 22.2. The number of H-pyrrole nitrogens is 1. The SMILES string of the molecule is CC(C)=C1C=c2ccccc2=[C]1[Zr+2][c]1[nH]cc(C(C)(C)C)c1C(C)(C)C.[Cl-].[Cl-]. The minimum Gasteiger partial charge on any atom is -1.00 e. The van der Waals surface area contributed by atoms with Crippen LogP contribution in [-0.4, -0.2) is 4.98 Å². The molecule has 0 fully saturated rings. The fourth-order valence-electron chi connectivity index (χ4n) is 3.77. The third-order valence-electron chi connectivity index (χ3n) is 5.03. The Labute approximate surface area is 194 Å². The molecule has 0 radical (unpaired) electrons. The van der Waals surface area contributed by atoms with E-state index in [0.717, 1.165) is 0 Å². The third kappa shape index (κ3) is 4.95. The first-order chi connectivity index (χ1) is 12.0. The zero-order chi connectivity index (χ0) is 19.3. The molecule has 1 aliphatic rings. The molecular weight excluding hydrogens is 464 g/mol. The van der Waals surface area contributed by atoms with Gasteiger partial charge < -0.3 is 24.8 Å². The summed E-state index contributed by atoms with van der Waals surface area (Å²) in [4.78, 5) is 3.72. The van der Waals surface area contributed by atoms with E-state index in [0.29, 0.717) is 0 Å². The number of hydrogen-bond acceptors (Lipinski definition) is 0. The fourth-order valence-corrected chi connectivity index (χ4v) is 8.31. The van der Waals surface area contributed by atoms with Gasteiger partial charge in [-0.15, -0.1) is 0 Å². The van der Waals surface area contributed by atoms with Crippen molar-refractivity contribution in [1.82, 2.24) is 4.98 Å². The van der Waals surface area contributed by atoms with Crippen LogP contribution in [0, 0.1) is 0 Å². The Bertz CT molecular complexity index is 994. The molecule has 3 rings (SSSR count). The van der Waals surface area contributed by atoms with Gasteiger partial charge in [-0.3, -0.25) is 0 Å². The van der Waals surface area contributed by atoms with Crippen LogP contribution in [0.4, 0.5) is 0 Å². The van der Waals surface area contributed by atoms with Crippen LogP contribution in [0.5, 0.6) is 0 Å². The van der Waals surface area contributed by atoms with Gasteiger partial charge in [0.05, 0.1) is 0 Å². The molecule has 0 spiro atoms. The monoisotopic (exact) mass is 493 g/mol. The van der Waals surface area contributed by atoms with E-state index in [2.05, 4.69) is 96.9 Å². The van der Waals surface area contributed by atoms with Crippen LogP contribution in [0.2, 0.25) is 0 Å². The topological polar surface area (TPSA) is 15.8 Å². The van der Waals surface area contributed by atoms with E-state index >= 15 is 0 Å². The molecule has 0 saturated heterocycles. The number of hydrogen-bond donors (Lipinski definition) is 1. The fraction of sp³-hybridized carbons (Fsp3) is 0.417. The van der Waals surface area contributed by atoms with E-state index in [4.69, 9.17) is 0 Å². The summed E-state index contributed by atoms with van der Waals surface area (Å²) in [6.07, 6.45) is 4.68. The summed E-state index contributed by atoms with van der Waals surface area (Å²) in [5.41, 5.74) is 6.27. The van der Waals surface area contributed by atoms with Crippen molar-refractivity contribution in [2.75, 3.05) is 0 Å². The van der Waals surface area contributed by atoms with Crippen molar-refractivity contribution in [3.05, 3.63) is 63.2 Å². The Hall–Kier alpha value is -0.557. The van der Waals surface area contributed by atoms with Crippen molar-refractivity contribution >= 4 is 12.8 Å². The maximum atomic E-state index is 3.72. The summed E-state index contributed by atoms with van der Waals surface area (Å²) in [5, 5.41) is 2.85. The summed E-state index contributed by atoms with van der Waals surface area (Å²) in [6, 6.07) is 8.89. The Morgan fingerprint density at radius 1 is 0.893 bits per heavy atom. The number of rotatable bonds is 2. The van der Waals surface area contributed by atoms with Gasteiger partial charge >= 0.3 is 170 Å². The van der Waals surface area contributed by atoms with Crippen LogP contribution in [0.1, 0.15) is 66.5 Å². The van der Waals surface area contributed by atoms with Crippen LogP contribution in [0.25, 0.3) is 9.36 Å². The Kier molecular flexibility index (Phi) is 8.25. The predicted molar refractivity (Wildman–Crippen MR) is 110 cm³/mol. The van der Waals surface area contributed by atoms with E-state index in [1.165, 1.54) is 30.5 Å². The minimum atomic E-state index is -0.958. The molecule has 150 valence electrons. The van der Waals surface area contributed by atoms with Gasteiger partial charge in [-0.2, -0.15) is 0 Å². The van der Waals surface area contributed by atoms with Crippen LogP contribution in [0.3, 0.4) is 0 Å². The quantitative estimate of drug-likeness (QED) is 0.510. The number of aromatic amines is 1. The van der Waals surface area contributed by atoms with Gasteiger partial charge in [0.2, 0.25) is 0 Å². The van der Waals surface area contributed by atoms with E-state index in [1.54, 1.807) is 8.84 Å². The first-order valence-electron chi connectivity index (χ1n) is 9.48. The summed E-state index contributed by atoms with van der Waals surface area (Å²) in [7, 11) is 0. The standard InChI is InChI=1S/C12H20N.C12H11.2ClH.Zr/c1-11(2,3)9-7-13-8-10(9)12(4,5)6;1-9(2)12-7-10-5-3-4-6-11(10)8-12;;;/h7,13H,1-6H3;3-7H,1-2H3;2*1H;/q;;;;+2/p-2. The summed E-state index contributed by atoms with van der Waals surface area (Å²) >= 11 is -0.958. The largest absolute Gasteiger partial charge is 1.00 e. The Morgan fingerprint density at radius 2 is 1.50 bits per heavy atom. The maximum Gasteiger partial charge on any atom is -1.00 e. The molecule has 4 heteroatoms. The first-order valence-corrected chi connectivity index (χ1v) is 11.9. The molecule has 28 heavy (non-hydrogen) atoms. The molecule has 0 unspecified atom stereocenters. The molecule has 1 aliphatic carbocycles. The van der Waals surface area contributed by atoms with Gasteiger partial charge in [0.1, 0.15) is 0 Å². The van der Waals surface area contributed by atoms with E-state index < -0.39 is 23.2 Å². The average Bonchev–Trinajstić information content (AvgIpc) is 3.09. The number of nitrogens with one attached hydrogen (secondary N) is 1. The van der Waals surface area contributed by atoms with Crippen LogP contribution < -0.4 is 38.7 Å². The van der Waals surface area contributed by atoms with Crippen LogP contribution in [-0.2, 0) is 34.1 Å². The molecule has 2 aromatic rings. The number of fused-ring (bicyclic) bond motifs is 1. The second kappa shape index (κ2) is 9.07. The Morgan fingerprint density at radius 3 is 2.04 bits per heavy atom. The van der Waals surface area contributed by atoms with E-state index in [9.17, 15) is 0 Å². The van der Waals surface area contributed by atoms with Crippen LogP contribution >= 0.6 is 0 Å². The molecule has 0 saturated carbocycles. The summed E-state index contributed by atoms with van der Waals surface area (Å²) in [6.45, 7) is 18.5. The van der Waals surface area contributed by atoms with Crippen molar-refractivity contribution in [3.8, 4) is 0 Å². The number of halogens is 2. The van der Waals surface area contributed by atoms with Crippen molar-refractivity contribution < 1.29 is 48.0 Å². The van der Waals surface area contributed by atoms with Crippen molar-refractivity contribution in [2.45, 2.75) is 66.2 Å². The molecule has 0 atom stereocenters. The average molecular weight is 496 g/mol. The molecule has 0 bridgehead atoms. The second-order valence-electron chi connectivity index (χ2n) is 9.60. The van der Waals surface area contributed by atoms with Gasteiger partial charge in [0, 0.05) is 0 Å². The minimum absolute atomic E-state index is 0. The normalized spacial score (nSPS) is 13.1. The summed E-state index contributed by atoms with van der Waals surface area (Å²) in [5.74, 6) is 0. The number of benzene rings is 1. The van der Waals surface area contributed by atoms with Crippen molar-refractivity contribution in [1.29, 1.82) is 0 Å². The van der Waals surface area contributed by atoms with Crippen molar-refractivity contribution in [2.24, 2.45) is 0 Å². The third-order valence-corrected chi connectivity index (χ3v) is 8.55. The maximum absolute atomic E-state index is 3.72. The van der Waals surface area contributed by atoms with Gasteiger partial charge in [0.15, 0.2) is 0 Å². The molecule has 0 amide bonds. The zero-order valence-electron chi connectivity index (χ0n) is 18.2. The number of allylic oxidation sites excluding steroid dienone is 2. The number of aromatic nitrogens is 1. The van der Waals surface area contributed by atoms with Gasteiger partial charge in [-0.25, -0.2) is 0 Å². The molecule has 1 N–H and O–H groups in total. The van der Waals surface area contributed by atoms with Crippen molar-refractivity contribution in [3.63, 3.8) is 0 Å². The smallest absolute Gasteiger partial charge is 1.00 e. The molecular formula is C24H31Cl2NZr. The van der Waals surface area contributed by atoms with Crippen LogP contribution in [0.15, 0.2) is 41.6 Å². The molecule has 1 nitrogen and oxygen atoms in total. The molecule has 1 aromatic heterocycles. The van der Waals surface area contributed by atoms with Gasteiger partial charge in [0.25, 0.3) is 0 Å². The Balaban J connectivity index is 0.00000196. The van der Waals surface area contributed by atoms with Gasteiger partial charge in [-0.1, -0.05) is 0 Å².